The third kappa shape index (κ3) is 4.77. The zero-order chi connectivity index (χ0) is 20.1. The molecule has 7 nitrogen and oxygen atoms in total. The van der Waals surface area contributed by atoms with E-state index >= 15 is 0 Å². The normalized spacial score (nSPS) is 14.7. The maximum absolute atomic E-state index is 13.2. The van der Waals surface area contributed by atoms with Crippen LogP contribution < -0.4 is 0 Å². The number of aromatic nitrogens is 1. The van der Waals surface area contributed by atoms with Gasteiger partial charge >= 0.3 is 5.97 Å². The van der Waals surface area contributed by atoms with Crippen LogP contribution in [-0.4, -0.2) is 60.5 Å². The molecule has 1 fully saturated rings. The molecule has 0 aliphatic heterocycles. The minimum atomic E-state index is -0.599. The maximum atomic E-state index is 13.2. The smallest absolute Gasteiger partial charge is 0.354 e. The third-order valence-corrected chi connectivity index (χ3v) is 5.02. The number of hydrogen-bond acceptors (Lipinski definition) is 5. The molecule has 1 heterocycles. The van der Waals surface area contributed by atoms with Crippen molar-refractivity contribution in [2.75, 3.05) is 26.9 Å². The second kappa shape index (κ2) is 9.17. The number of rotatable bonds is 10. The van der Waals surface area contributed by atoms with Gasteiger partial charge in [-0.05, 0) is 52.5 Å². The number of nitrogens with one attached hydrogen (secondary N) is 1. The van der Waals surface area contributed by atoms with Crippen LogP contribution in [0.3, 0.4) is 0 Å². The number of nitrogens with zero attached hydrogens (tertiary/aromatic N) is 1. The first-order valence-electron chi connectivity index (χ1n) is 9.53. The first-order valence-corrected chi connectivity index (χ1v) is 9.53. The van der Waals surface area contributed by atoms with Crippen molar-refractivity contribution >= 4 is 17.7 Å². The van der Waals surface area contributed by atoms with Gasteiger partial charge in [0.2, 0.25) is 5.91 Å². The number of ether oxygens (including phenoxy) is 2. The van der Waals surface area contributed by atoms with Crippen LogP contribution in [0.1, 0.15) is 65.2 Å². The molecule has 1 amide bonds. The molecule has 0 radical (unpaired) electrons. The number of amides is 1. The molecule has 0 aromatic carbocycles. The van der Waals surface area contributed by atoms with Crippen LogP contribution in [0.5, 0.6) is 0 Å². The van der Waals surface area contributed by atoms with Crippen molar-refractivity contribution in [1.29, 1.82) is 0 Å². The molecule has 0 spiro atoms. The van der Waals surface area contributed by atoms with Gasteiger partial charge in [0.15, 0.2) is 5.78 Å². The maximum Gasteiger partial charge on any atom is 0.354 e. The van der Waals surface area contributed by atoms with E-state index in [-0.39, 0.29) is 23.3 Å². The fourth-order valence-corrected chi connectivity index (χ4v) is 3.32. The lowest BCUT2D eigenvalue weighted by Crippen LogP contribution is -2.45. The number of carbonyl (C=O) groups excluding carboxylic acids is 3. The molecule has 1 saturated carbocycles. The van der Waals surface area contributed by atoms with Crippen LogP contribution >= 0.6 is 0 Å². The summed E-state index contributed by atoms with van der Waals surface area (Å²) in [7, 11) is 1.30. The summed E-state index contributed by atoms with van der Waals surface area (Å²) in [5.74, 6) is -0.607. The fourth-order valence-electron chi connectivity index (χ4n) is 3.32. The number of carbonyl (C=O) groups is 3. The lowest BCUT2D eigenvalue weighted by Gasteiger charge is -2.29. The second-order valence-electron chi connectivity index (χ2n) is 7.01. The fraction of sp³-hybridized carbons (Fsp3) is 0.650. The van der Waals surface area contributed by atoms with E-state index in [9.17, 15) is 14.4 Å². The first-order chi connectivity index (χ1) is 12.8. The number of esters is 1. The largest absolute Gasteiger partial charge is 0.464 e. The van der Waals surface area contributed by atoms with Crippen LogP contribution in [0.4, 0.5) is 0 Å². The van der Waals surface area contributed by atoms with Crippen LogP contribution in [0.2, 0.25) is 0 Å². The summed E-state index contributed by atoms with van der Waals surface area (Å²) in [5.41, 5.74) is 1.91. The van der Waals surface area contributed by atoms with Crippen LogP contribution in [0.25, 0.3) is 0 Å². The standard InChI is InChI=1S/C20H30N2O5/c1-6-27-11-7-10-22(19(24)15-8-9-15)14(4)18(23)16-12(2)17(20(25)26-5)21-13(16)3/h14-15,21H,6-11H2,1-5H3. The number of aromatic amines is 1. The molecule has 0 saturated heterocycles. The van der Waals surface area contributed by atoms with Crippen molar-refractivity contribution in [2.45, 2.75) is 53.0 Å². The summed E-state index contributed by atoms with van der Waals surface area (Å²) in [6.07, 6.45) is 2.45. The van der Waals surface area contributed by atoms with E-state index in [1.165, 1.54) is 7.11 Å². The Balaban J connectivity index is 2.22. The highest BCUT2D eigenvalue weighted by atomic mass is 16.5. The number of methoxy groups -OCH3 is 1. The van der Waals surface area contributed by atoms with Crippen LogP contribution in [0.15, 0.2) is 0 Å². The molecule has 1 N–H and O–H groups in total. The highest BCUT2D eigenvalue weighted by Gasteiger charge is 2.38. The summed E-state index contributed by atoms with van der Waals surface area (Å²) in [6.45, 7) is 8.82. The molecule has 1 atom stereocenters. The molecule has 1 unspecified atom stereocenters. The van der Waals surface area contributed by atoms with Crippen LogP contribution in [0, 0.1) is 19.8 Å². The van der Waals surface area contributed by atoms with E-state index in [0.717, 1.165) is 12.8 Å². The molecule has 1 aromatic rings. The van der Waals surface area contributed by atoms with Crippen molar-refractivity contribution in [2.24, 2.45) is 5.92 Å². The minimum Gasteiger partial charge on any atom is -0.464 e. The SMILES string of the molecule is CCOCCCN(C(=O)C1CC1)C(C)C(=O)c1c(C)[nH]c(C(=O)OC)c1C. The molecule has 1 aromatic heterocycles. The number of H-pyrrole nitrogens is 1. The molecule has 2 rings (SSSR count). The van der Waals surface area contributed by atoms with Crippen molar-refractivity contribution < 1.29 is 23.9 Å². The summed E-state index contributed by atoms with van der Waals surface area (Å²) in [6, 6.07) is -0.599. The van der Waals surface area contributed by atoms with Crippen molar-refractivity contribution in [3.8, 4) is 0 Å². The number of Topliss-reactive ketones (excluding diaryl/α,β-unsaturated/α-hetero) is 1. The van der Waals surface area contributed by atoms with Gasteiger partial charge in [-0.2, -0.15) is 0 Å². The zero-order valence-corrected chi connectivity index (χ0v) is 16.9. The molecule has 27 heavy (non-hydrogen) atoms. The highest BCUT2D eigenvalue weighted by molar-refractivity contribution is 6.06. The Bertz CT molecular complexity index is 705. The summed E-state index contributed by atoms with van der Waals surface area (Å²) < 4.78 is 10.1. The Hall–Kier alpha value is -2.15. The van der Waals surface area contributed by atoms with E-state index in [1.807, 2.05) is 6.92 Å². The molecule has 7 heteroatoms. The predicted molar refractivity (Wildman–Crippen MR) is 101 cm³/mol. The van der Waals surface area contributed by atoms with Crippen molar-refractivity contribution in [1.82, 2.24) is 9.88 Å². The molecular weight excluding hydrogens is 348 g/mol. The minimum absolute atomic E-state index is 0.0337. The Kier molecular flexibility index (Phi) is 7.18. The second-order valence-corrected chi connectivity index (χ2v) is 7.01. The van der Waals surface area contributed by atoms with Gasteiger partial charge in [-0.15, -0.1) is 0 Å². The predicted octanol–water partition coefficient (Wildman–Crippen LogP) is 2.65. The van der Waals surface area contributed by atoms with E-state index in [2.05, 4.69) is 4.98 Å². The molecule has 150 valence electrons. The topological polar surface area (TPSA) is 88.7 Å². The Morgan fingerprint density at radius 3 is 2.48 bits per heavy atom. The van der Waals surface area contributed by atoms with Gasteiger partial charge in [0.25, 0.3) is 0 Å². The Labute approximate surface area is 160 Å². The lowest BCUT2D eigenvalue weighted by atomic mass is 9.99. The summed E-state index contributed by atoms with van der Waals surface area (Å²) in [4.78, 5) is 42.4. The average molecular weight is 378 g/mol. The first kappa shape index (κ1) is 21.2. The van der Waals surface area contributed by atoms with Gasteiger partial charge in [0.05, 0.1) is 13.2 Å². The van der Waals surface area contributed by atoms with Gasteiger partial charge < -0.3 is 19.4 Å². The quantitative estimate of drug-likeness (QED) is 0.384. The monoisotopic (exact) mass is 378 g/mol. The average Bonchev–Trinajstić information content (AvgIpc) is 3.45. The summed E-state index contributed by atoms with van der Waals surface area (Å²) >= 11 is 0. The Morgan fingerprint density at radius 2 is 1.93 bits per heavy atom. The molecular formula is C20H30N2O5. The van der Waals surface area contributed by atoms with E-state index in [0.29, 0.717) is 43.0 Å². The van der Waals surface area contributed by atoms with Crippen LogP contribution in [-0.2, 0) is 14.3 Å². The molecule has 0 bridgehead atoms. The number of ketones is 1. The molecule has 1 aliphatic carbocycles. The lowest BCUT2D eigenvalue weighted by molar-refractivity contribution is -0.134. The Morgan fingerprint density at radius 1 is 1.26 bits per heavy atom. The number of hydrogen-bond donors (Lipinski definition) is 1. The van der Waals surface area contributed by atoms with Crippen molar-refractivity contribution in [3.05, 3.63) is 22.5 Å². The van der Waals surface area contributed by atoms with Gasteiger partial charge in [-0.1, -0.05) is 0 Å². The third-order valence-electron chi connectivity index (χ3n) is 5.02. The van der Waals surface area contributed by atoms with E-state index in [1.54, 1.807) is 25.7 Å². The molecule has 1 aliphatic rings. The zero-order valence-electron chi connectivity index (χ0n) is 16.9. The number of aryl methyl sites for hydroxylation is 1. The van der Waals surface area contributed by atoms with Gasteiger partial charge in [0, 0.05) is 36.9 Å². The highest BCUT2D eigenvalue weighted by Crippen LogP contribution is 2.32. The van der Waals surface area contributed by atoms with Crippen molar-refractivity contribution in [3.63, 3.8) is 0 Å². The van der Waals surface area contributed by atoms with Gasteiger partial charge in [0.1, 0.15) is 5.69 Å². The van der Waals surface area contributed by atoms with E-state index in [4.69, 9.17) is 9.47 Å². The van der Waals surface area contributed by atoms with Gasteiger partial charge in [-0.3, -0.25) is 9.59 Å². The van der Waals surface area contributed by atoms with E-state index < -0.39 is 12.0 Å². The summed E-state index contributed by atoms with van der Waals surface area (Å²) in [5, 5.41) is 0. The van der Waals surface area contributed by atoms with Gasteiger partial charge in [-0.25, -0.2) is 4.79 Å².